The monoisotopic (exact) mass is 262 g/mol. The van der Waals surface area contributed by atoms with Crippen LogP contribution < -0.4 is 5.32 Å². The van der Waals surface area contributed by atoms with Crippen molar-refractivity contribution < 1.29 is 0 Å². The van der Waals surface area contributed by atoms with Gasteiger partial charge in [-0.3, -0.25) is 4.90 Å². The number of nitrogens with one attached hydrogen (secondary N) is 1. The first-order valence-corrected chi connectivity index (χ1v) is 7.64. The molecule has 108 valence electrons. The van der Waals surface area contributed by atoms with Crippen molar-refractivity contribution in [2.24, 2.45) is 0 Å². The first kappa shape index (κ1) is 16.2. The first-order valence-electron chi connectivity index (χ1n) is 7.64. The highest BCUT2D eigenvalue weighted by Crippen LogP contribution is 2.13. The van der Waals surface area contributed by atoms with Crippen LogP contribution in [0.3, 0.4) is 0 Å². The lowest BCUT2D eigenvalue weighted by molar-refractivity contribution is 0.214. The maximum absolute atomic E-state index is 3.56. The van der Waals surface area contributed by atoms with Gasteiger partial charge in [0.25, 0.3) is 0 Å². The van der Waals surface area contributed by atoms with Crippen molar-refractivity contribution in [2.45, 2.75) is 52.6 Å². The zero-order valence-corrected chi connectivity index (χ0v) is 13.1. The minimum Gasteiger partial charge on any atom is -0.315 e. The highest BCUT2D eigenvalue weighted by atomic mass is 15.1. The smallest absolute Gasteiger partial charge is 0.0236 e. The van der Waals surface area contributed by atoms with E-state index in [4.69, 9.17) is 0 Å². The molecule has 1 atom stereocenters. The molecule has 1 rings (SSSR count). The molecule has 1 aromatic rings. The van der Waals surface area contributed by atoms with Gasteiger partial charge in [-0.05, 0) is 44.5 Å². The summed E-state index contributed by atoms with van der Waals surface area (Å²) in [6.45, 7) is 9.97. The third kappa shape index (κ3) is 5.75. The van der Waals surface area contributed by atoms with Gasteiger partial charge < -0.3 is 5.32 Å². The Morgan fingerprint density at radius 1 is 1.16 bits per heavy atom. The standard InChI is InChI=1S/C17H30N2/c1-5-9-17(13-18-12-6-2)19(4)14-16-11-8-7-10-15(16)3/h7-8,10-11,17-18H,5-6,9,12-14H2,1-4H3. The summed E-state index contributed by atoms with van der Waals surface area (Å²) in [6.07, 6.45) is 3.72. The first-order chi connectivity index (χ1) is 9.19. The summed E-state index contributed by atoms with van der Waals surface area (Å²) in [5.41, 5.74) is 2.84. The molecule has 0 bridgehead atoms. The average molecular weight is 262 g/mol. The minimum atomic E-state index is 0.635. The maximum atomic E-state index is 3.56. The summed E-state index contributed by atoms with van der Waals surface area (Å²) in [6, 6.07) is 9.34. The molecule has 2 heteroatoms. The fourth-order valence-electron chi connectivity index (χ4n) is 2.44. The normalized spacial score (nSPS) is 12.9. The Morgan fingerprint density at radius 2 is 1.89 bits per heavy atom. The Labute approximate surface area is 119 Å². The predicted octanol–water partition coefficient (Wildman–Crippen LogP) is 3.60. The number of hydrogen-bond acceptors (Lipinski definition) is 2. The second-order valence-electron chi connectivity index (χ2n) is 5.49. The van der Waals surface area contributed by atoms with Crippen molar-refractivity contribution in [3.63, 3.8) is 0 Å². The van der Waals surface area contributed by atoms with Gasteiger partial charge in [0.1, 0.15) is 0 Å². The molecule has 0 aliphatic heterocycles. The number of benzene rings is 1. The number of rotatable bonds is 9. The molecule has 0 aliphatic carbocycles. The van der Waals surface area contributed by atoms with Gasteiger partial charge in [-0.15, -0.1) is 0 Å². The zero-order chi connectivity index (χ0) is 14.1. The highest BCUT2D eigenvalue weighted by molar-refractivity contribution is 5.25. The lowest BCUT2D eigenvalue weighted by atomic mass is 10.1. The Hall–Kier alpha value is -0.860. The van der Waals surface area contributed by atoms with Crippen LogP contribution in [-0.2, 0) is 6.54 Å². The SMILES string of the molecule is CCCNCC(CCC)N(C)Cc1ccccc1C. The van der Waals surface area contributed by atoms with Crippen molar-refractivity contribution in [1.29, 1.82) is 0 Å². The zero-order valence-electron chi connectivity index (χ0n) is 13.1. The van der Waals surface area contributed by atoms with Crippen LogP contribution in [0.5, 0.6) is 0 Å². The average Bonchev–Trinajstić information content (AvgIpc) is 2.40. The minimum absolute atomic E-state index is 0.635. The number of likely N-dealkylation sites (N-methyl/N-ethyl adjacent to an activating group) is 1. The van der Waals surface area contributed by atoms with Gasteiger partial charge >= 0.3 is 0 Å². The molecule has 1 unspecified atom stereocenters. The molecule has 2 nitrogen and oxygen atoms in total. The molecule has 0 radical (unpaired) electrons. The quantitative estimate of drug-likeness (QED) is 0.684. The molecule has 0 heterocycles. The van der Waals surface area contributed by atoms with Crippen LogP contribution in [0, 0.1) is 6.92 Å². The highest BCUT2D eigenvalue weighted by Gasteiger charge is 2.14. The maximum Gasteiger partial charge on any atom is 0.0236 e. The summed E-state index contributed by atoms with van der Waals surface area (Å²) >= 11 is 0. The van der Waals surface area contributed by atoms with E-state index in [-0.39, 0.29) is 0 Å². The van der Waals surface area contributed by atoms with Crippen molar-refractivity contribution >= 4 is 0 Å². The van der Waals surface area contributed by atoms with Crippen LogP contribution in [0.1, 0.15) is 44.2 Å². The van der Waals surface area contributed by atoms with E-state index < -0.39 is 0 Å². The summed E-state index contributed by atoms with van der Waals surface area (Å²) in [4.78, 5) is 2.49. The molecule has 19 heavy (non-hydrogen) atoms. The molecule has 0 aliphatic rings. The second-order valence-corrected chi connectivity index (χ2v) is 5.49. The third-order valence-electron chi connectivity index (χ3n) is 3.73. The Kier molecular flexibility index (Phi) is 7.76. The van der Waals surface area contributed by atoms with E-state index in [0.717, 1.165) is 19.6 Å². The summed E-state index contributed by atoms with van der Waals surface area (Å²) in [5, 5.41) is 3.56. The van der Waals surface area contributed by atoms with E-state index in [9.17, 15) is 0 Å². The number of hydrogen-bond donors (Lipinski definition) is 1. The van der Waals surface area contributed by atoms with Crippen molar-refractivity contribution in [2.75, 3.05) is 20.1 Å². The van der Waals surface area contributed by atoms with Gasteiger partial charge in [0.15, 0.2) is 0 Å². The van der Waals surface area contributed by atoms with Crippen molar-refractivity contribution in [3.8, 4) is 0 Å². The van der Waals surface area contributed by atoms with Gasteiger partial charge in [-0.25, -0.2) is 0 Å². The van der Waals surface area contributed by atoms with Gasteiger partial charge in [-0.2, -0.15) is 0 Å². The number of aryl methyl sites for hydroxylation is 1. The molecule has 0 saturated heterocycles. The molecule has 0 saturated carbocycles. The topological polar surface area (TPSA) is 15.3 Å². The van der Waals surface area contributed by atoms with E-state index in [0.29, 0.717) is 6.04 Å². The van der Waals surface area contributed by atoms with E-state index in [2.05, 4.69) is 62.3 Å². The van der Waals surface area contributed by atoms with Gasteiger partial charge in [-0.1, -0.05) is 44.5 Å². The summed E-state index contributed by atoms with van der Waals surface area (Å²) in [5.74, 6) is 0. The molecular formula is C17H30N2. The third-order valence-corrected chi connectivity index (χ3v) is 3.73. The van der Waals surface area contributed by atoms with E-state index in [1.165, 1.54) is 30.4 Å². The van der Waals surface area contributed by atoms with Crippen LogP contribution in [0.15, 0.2) is 24.3 Å². The Morgan fingerprint density at radius 3 is 2.53 bits per heavy atom. The van der Waals surface area contributed by atoms with Gasteiger partial charge in [0.05, 0.1) is 0 Å². The second kappa shape index (κ2) is 9.11. The van der Waals surface area contributed by atoms with Crippen molar-refractivity contribution in [3.05, 3.63) is 35.4 Å². The van der Waals surface area contributed by atoms with Crippen LogP contribution in [0.4, 0.5) is 0 Å². The molecular weight excluding hydrogens is 232 g/mol. The lowest BCUT2D eigenvalue weighted by Gasteiger charge is -2.29. The van der Waals surface area contributed by atoms with E-state index in [1.807, 2.05) is 0 Å². The van der Waals surface area contributed by atoms with Crippen LogP contribution in [0.2, 0.25) is 0 Å². The largest absolute Gasteiger partial charge is 0.315 e. The molecule has 1 aromatic carbocycles. The van der Waals surface area contributed by atoms with Gasteiger partial charge in [0.2, 0.25) is 0 Å². The Balaban J connectivity index is 2.55. The van der Waals surface area contributed by atoms with E-state index in [1.54, 1.807) is 0 Å². The van der Waals surface area contributed by atoms with Gasteiger partial charge in [0, 0.05) is 19.1 Å². The fourth-order valence-corrected chi connectivity index (χ4v) is 2.44. The number of nitrogens with zero attached hydrogens (tertiary/aromatic N) is 1. The summed E-state index contributed by atoms with van der Waals surface area (Å²) in [7, 11) is 2.25. The van der Waals surface area contributed by atoms with Crippen LogP contribution in [-0.4, -0.2) is 31.1 Å². The molecule has 0 aromatic heterocycles. The van der Waals surface area contributed by atoms with Crippen LogP contribution in [0.25, 0.3) is 0 Å². The predicted molar refractivity (Wildman–Crippen MR) is 84.5 cm³/mol. The lowest BCUT2D eigenvalue weighted by Crippen LogP contribution is -2.40. The summed E-state index contributed by atoms with van der Waals surface area (Å²) < 4.78 is 0. The van der Waals surface area contributed by atoms with Crippen LogP contribution >= 0.6 is 0 Å². The molecule has 0 amide bonds. The fraction of sp³-hybridized carbons (Fsp3) is 0.647. The Bertz CT molecular complexity index is 349. The van der Waals surface area contributed by atoms with Crippen molar-refractivity contribution in [1.82, 2.24) is 10.2 Å². The van der Waals surface area contributed by atoms with E-state index >= 15 is 0 Å². The molecule has 0 spiro atoms. The molecule has 0 fully saturated rings. The molecule has 1 N–H and O–H groups in total.